The van der Waals surface area contributed by atoms with E-state index in [1.807, 2.05) is 25.1 Å². The van der Waals surface area contributed by atoms with Crippen molar-refractivity contribution < 1.29 is 13.9 Å². The summed E-state index contributed by atoms with van der Waals surface area (Å²) in [7, 11) is 0. The third-order valence-corrected chi connectivity index (χ3v) is 2.46. The lowest BCUT2D eigenvalue weighted by molar-refractivity contribution is -0.143. The summed E-state index contributed by atoms with van der Waals surface area (Å²) in [5.41, 5.74) is 1.13. The highest BCUT2D eigenvalue weighted by Crippen LogP contribution is 2.17. The first-order chi connectivity index (χ1) is 7.79. The van der Waals surface area contributed by atoms with E-state index in [2.05, 4.69) is 0 Å². The normalized spacial score (nSPS) is 10.6. The highest BCUT2D eigenvalue weighted by Gasteiger charge is 2.03. The molecule has 84 valence electrons. The molecule has 0 radical (unpaired) electrons. The second-order valence-electron chi connectivity index (χ2n) is 3.64. The minimum Gasteiger partial charge on any atom is -0.471 e. The van der Waals surface area contributed by atoms with Gasteiger partial charge in [-0.3, -0.25) is 4.79 Å². The van der Waals surface area contributed by atoms with Crippen molar-refractivity contribution in [2.45, 2.75) is 19.8 Å². The first-order valence-electron chi connectivity index (χ1n) is 5.40. The number of hydrogen-bond acceptors (Lipinski definition) is 3. The van der Waals surface area contributed by atoms with Crippen LogP contribution in [0.1, 0.15) is 18.9 Å². The molecule has 0 bridgehead atoms. The van der Waals surface area contributed by atoms with E-state index in [0.717, 1.165) is 16.3 Å². The number of furan rings is 1. The van der Waals surface area contributed by atoms with Crippen molar-refractivity contribution in [3.8, 4) is 0 Å². The van der Waals surface area contributed by atoms with E-state index in [9.17, 15) is 4.79 Å². The third kappa shape index (κ3) is 2.42. The minimum absolute atomic E-state index is 0.144. The zero-order valence-electron chi connectivity index (χ0n) is 9.23. The summed E-state index contributed by atoms with van der Waals surface area (Å²) in [6.45, 7) is 2.26. The Hall–Kier alpha value is -1.77. The number of benzene rings is 1. The van der Waals surface area contributed by atoms with Gasteiger partial charge < -0.3 is 9.15 Å². The highest BCUT2D eigenvalue weighted by atomic mass is 16.5. The zero-order chi connectivity index (χ0) is 11.4. The molecule has 0 aliphatic carbocycles. The molecule has 0 aliphatic heterocycles. The van der Waals surface area contributed by atoms with Gasteiger partial charge >= 0.3 is 5.97 Å². The van der Waals surface area contributed by atoms with E-state index >= 15 is 0 Å². The van der Waals surface area contributed by atoms with E-state index in [1.165, 1.54) is 0 Å². The molecule has 0 N–H and O–H groups in total. The van der Waals surface area contributed by atoms with Crippen LogP contribution in [-0.2, 0) is 16.0 Å². The predicted molar refractivity (Wildman–Crippen MR) is 61.2 cm³/mol. The first-order valence-corrected chi connectivity index (χ1v) is 5.40. The fourth-order valence-electron chi connectivity index (χ4n) is 1.65. The van der Waals surface area contributed by atoms with Crippen LogP contribution >= 0.6 is 0 Å². The number of hydrogen-bond donors (Lipinski definition) is 0. The summed E-state index contributed by atoms with van der Waals surface area (Å²) < 4.78 is 9.97. The molecule has 0 saturated heterocycles. The minimum atomic E-state index is -0.144. The summed E-state index contributed by atoms with van der Waals surface area (Å²) in [5.74, 6) is -0.144. The second-order valence-corrected chi connectivity index (χ2v) is 3.64. The predicted octanol–water partition coefficient (Wildman–Crippen LogP) is 2.93. The highest BCUT2D eigenvalue weighted by molar-refractivity contribution is 5.81. The molecule has 3 heteroatoms. The molecule has 1 aromatic heterocycles. The molecular weight excluding hydrogens is 204 g/mol. The lowest BCUT2D eigenvalue weighted by Gasteiger charge is -2.02. The van der Waals surface area contributed by atoms with Gasteiger partial charge in [0.15, 0.2) is 0 Å². The van der Waals surface area contributed by atoms with E-state index in [0.29, 0.717) is 19.4 Å². The van der Waals surface area contributed by atoms with Crippen LogP contribution in [0, 0.1) is 0 Å². The van der Waals surface area contributed by atoms with E-state index in [4.69, 9.17) is 9.15 Å². The number of carbonyl (C=O) groups is 1. The number of aryl methyl sites for hydroxylation is 1. The molecule has 0 spiro atoms. The molecule has 3 nitrogen and oxygen atoms in total. The number of rotatable bonds is 4. The smallest absolute Gasteiger partial charge is 0.306 e. The van der Waals surface area contributed by atoms with Gasteiger partial charge in [-0.15, -0.1) is 0 Å². The van der Waals surface area contributed by atoms with Gasteiger partial charge in [0.25, 0.3) is 0 Å². The summed E-state index contributed by atoms with van der Waals surface area (Å²) in [4.78, 5) is 11.2. The monoisotopic (exact) mass is 218 g/mol. The van der Waals surface area contributed by atoms with Crippen LogP contribution in [0.4, 0.5) is 0 Å². The fourth-order valence-corrected chi connectivity index (χ4v) is 1.65. The Kier molecular flexibility index (Phi) is 3.25. The maximum Gasteiger partial charge on any atom is 0.306 e. The Labute approximate surface area is 94.0 Å². The maximum atomic E-state index is 11.2. The number of carbonyl (C=O) groups excluding carboxylic acids is 1. The molecule has 0 fully saturated rings. The first kappa shape index (κ1) is 10.7. The molecule has 0 unspecified atom stereocenters. The number of ether oxygens (including phenoxy) is 1. The maximum absolute atomic E-state index is 11.2. The molecule has 16 heavy (non-hydrogen) atoms. The van der Waals surface area contributed by atoms with Gasteiger partial charge in [-0.05, 0) is 25.0 Å². The molecular formula is C13H14O3. The van der Waals surface area contributed by atoms with Crippen LogP contribution in [0.3, 0.4) is 0 Å². The van der Waals surface area contributed by atoms with Gasteiger partial charge in [-0.2, -0.15) is 0 Å². The van der Waals surface area contributed by atoms with Crippen LogP contribution in [0.25, 0.3) is 10.8 Å². The van der Waals surface area contributed by atoms with Crippen molar-refractivity contribution in [1.29, 1.82) is 0 Å². The van der Waals surface area contributed by atoms with Crippen LogP contribution in [0.2, 0.25) is 0 Å². The van der Waals surface area contributed by atoms with Gasteiger partial charge in [0.05, 0.1) is 19.1 Å². The van der Waals surface area contributed by atoms with Crippen LogP contribution < -0.4 is 0 Å². The Balaban J connectivity index is 2.01. The Morgan fingerprint density at radius 3 is 2.94 bits per heavy atom. The van der Waals surface area contributed by atoms with Crippen molar-refractivity contribution in [1.82, 2.24) is 0 Å². The van der Waals surface area contributed by atoms with Crippen molar-refractivity contribution in [3.05, 3.63) is 36.3 Å². The summed E-state index contributed by atoms with van der Waals surface area (Å²) in [6.07, 6.45) is 4.56. The molecule has 0 amide bonds. The summed E-state index contributed by atoms with van der Waals surface area (Å²) in [6, 6.07) is 6.05. The molecule has 1 aromatic carbocycles. The standard InChI is InChI=1S/C13H14O3/c1-2-16-13(14)6-4-10-3-5-11-8-15-9-12(11)7-10/h3,5,7-9H,2,4,6H2,1H3. The Morgan fingerprint density at radius 1 is 1.31 bits per heavy atom. The van der Waals surface area contributed by atoms with Crippen LogP contribution in [0.5, 0.6) is 0 Å². The Morgan fingerprint density at radius 2 is 2.12 bits per heavy atom. The van der Waals surface area contributed by atoms with E-state index in [1.54, 1.807) is 12.5 Å². The van der Waals surface area contributed by atoms with Gasteiger partial charge in [0.1, 0.15) is 0 Å². The zero-order valence-corrected chi connectivity index (χ0v) is 9.23. The molecule has 0 atom stereocenters. The fraction of sp³-hybridized carbons (Fsp3) is 0.308. The van der Waals surface area contributed by atoms with Crippen molar-refractivity contribution in [2.75, 3.05) is 6.61 Å². The van der Waals surface area contributed by atoms with Crippen molar-refractivity contribution >= 4 is 16.7 Å². The van der Waals surface area contributed by atoms with E-state index < -0.39 is 0 Å². The molecule has 1 heterocycles. The van der Waals surface area contributed by atoms with E-state index in [-0.39, 0.29) is 5.97 Å². The van der Waals surface area contributed by atoms with Crippen molar-refractivity contribution in [3.63, 3.8) is 0 Å². The lowest BCUT2D eigenvalue weighted by atomic mass is 10.1. The molecule has 0 saturated carbocycles. The van der Waals surface area contributed by atoms with Crippen LogP contribution in [0.15, 0.2) is 35.1 Å². The average Bonchev–Trinajstić information content (AvgIpc) is 2.74. The number of esters is 1. The molecule has 2 aromatic rings. The third-order valence-electron chi connectivity index (χ3n) is 2.46. The van der Waals surface area contributed by atoms with Crippen LogP contribution in [-0.4, -0.2) is 12.6 Å². The largest absolute Gasteiger partial charge is 0.471 e. The second kappa shape index (κ2) is 4.84. The van der Waals surface area contributed by atoms with Gasteiger partial charge in [-0.25, -0.2) is 0 Å². The quantitative estimate of drug-likeness (QED) is 0.741. The number of fused-ring (bicyclic) bond motifs is 1. The SMILES string of the molecule is CCOC(=O)CCc1ccc2cocc2c1. The average molecular weight is 218 g/mol. The topological polar surface area (TPSA) is 39.4 Å². The lowest BCUT2D eigenvalue weighted by Crippen LogP contribution is -2.04. The van der Waals surface area contributed by atoms with Gasteiger partial charge in [0.2, 0.25) is 0 Å². The summed E-state index contributed by atoms with van der Waals surface area (Å²) in [5, 5.41) is 2.15. The Bertz CT molecular complexity index is 485. The molecule has 0 aliphatic rings. The molecule has 2 rings (SSSR count). The van der Waals surface area contributed by atoms with Gasteiger partial charge in [0, 0.05) is 17.2 Å². The van der Waals surface area contributed by atoms with Crippen molar-refractivity contribution in [2.24, 2.45) is 0 Å². The summed E-state index contributed by atoms with van der Waals surface area (Å²) >= 11 is 0. The van der Waals surface area contributed by atoms with Gasteiger partial charge in [-0.1, -0.05) is 12.1 Å².